The van der Waals surface area contributed by atoms with E-state index in [-0.39, 0.29) is 5.56 Å². The van der Waals surface area contributed by atoms with Crippen LogP contribution in [0.3, 0.4) is 0 Å². The number of halogens is 2. The third kappa shape index (κ3) is 2.28. The van der Waals surface area contributed by atoms with Crippen LogP contribution >= 0.6 is 0 Å². The van der Waals surface area contributed by atoms with Crippen molar-refractivity contribution in [2.24, 2.45) is 0 Å². The molecule has 19 heavy (non-hydrogen) atoms. The number of rotatable bonds is 3. The summed E-state index contributed by atoms with van der Waals surface area (Å²) in [5.41, 5.74) is 0.582. The maximum absolute atomic E-state index is 13.8. The van der Waals surface area contributed by atoms with Crippen LogP contribution in [0.2, 0.25) is 0 Å². The maximum atomic E-state index is 13.8. The molecule has 1 fully saturated rings. The average molecular weight is 261 g/mol. The number of anilines is 1. The highest BCUT2D eigenvalue weighted by Crippen LogP contribution is 2.39. The van der Waals surface area contributed by atoms with Crippen molar-refractivity contribution in [2.75, 3.05) is 12.4 Å². The summed E-state index contributed by atoms with van der Waals surface area (Å²) in [5.74, 6) is -0.0650. The molecular weight excluding hydrogens is 248 g/mol. The third-order valence-electron chi connectivity index (χ3n) is 3.17. The number of hydrogen-bond acceptors (Lipinski definition) is 3. The Hall–Kier alpha value is -2.04. The quantitative estimate of drug-likeness (QED) is 0.920. The molecule has 1 N–H and O–H groups in total. The van der Waals surface area contributed by atoms with Crippen molar-refractivity contribution in [3.63, 3.8) is 0 Å². The van der Waals surface area contributed by atoms with E-state index >= 15 is 0 Å². The molecule has 0 saturated heterocycles. The van der Waals surface area contributed by atoms with Gasteiger partial charge in [0.05, 0.1) is 5.69 Å². The first-order valence-electron chi connectivity index (χ1n) is 6.20. The first kappa shape index (κ1) is 12.0. The van der Waals surface area contributed by atoms with E-state index < -0.39 is 11.6 Å². The van der Waals surface area contributed by atoms with Crippen LogP contribution < -0.4 is 5.32 Å². The highest BCUT2D eigenvalue weighted by Gasteiger charge is 2.27. The third-order valence-corrected chi connectivity index (χ3v) is 3.17. The average Bonchev–Trinajstić information content (AvgIpc) is 3.26. The fraction of sp³-hybridized carbons (Fsp3) is 0.286. The van der Waals surface area contributed by atoms with Gasteiger partial charge in [0.1, 0.15) is 11.6 Å². The van der Waals surface area contributed by atoms with Crippen LogP contribution in [0.5, 0.6) is 0 Å². The minimum atomic E-state index is -0.870. The lowest BCUT2D eigenvalue weighted by Gasteiger charge is -2.08. The zero-order chi connectivity index (χ0) is 13.4. The molecule has 0 bridgehead atoms. The fourth-order valence-corrected chi connectivity index (χ4v) is 1.96. The smallest absolute Gasteiger partial charge is 0.168 e. The molecule has 1 saturated carbocycles. The summed E-state index contributed by atoms with van der Waals surface area (Å²) < 4.78 is 27.1. The number of aromatic nitrogens is 2. The van der Waals surface area contributed by atoms with Gasteiger partial charge in [0.25, 0.3) is 0 Å². The molecule has 3 nitrogen and oxygen atoms in total. The van der Waals surface area contributed by atoms with Crippen molar-refractivity contribution in [3.05, 3.63) is 41.7 Å². The standard InChI is InChI=1S/C14H13F2N3/c1-17-12-7-11(18-14(19-12)8-5-6-8)9-3-2-4-10(15)13(9)16/h2-4,7-8H,5-6H2,1H3,(H,17,18,19). The minimum Gasteiger partial charge on any atom is -0.373 e. The Morgan fingerprint density at radius 3 is 2.68 bits per heavy atom. The molecule has 2 aromatic rings. The second-order valence-electron chi connectivity index (χ2n) is 4.62. The molecule has 98 valence electrons. The molecule has 5 heteroatoms. The summed E-state index contributed by atoms with van der Waals surface area (Å²) in [6.07, 6.45) is 2.11. The molecule has 1 aliphatic rings. The zero-order valence-electron chi connectivity index (χ0n) is 10.5. The summed E-state index contributed by atoms with van der Waals surface area (Å²) in [6.45, 7) is 0. The molecule has 0 spiro atoms. The molecule has 0 unspecified atom stereocenters. The number of nitrogens with one attached hydrogen (secondary N) is 1. The van der Waals surface area contributed by atoms with Crippen molar-refractivity contribution in [1.82, 2.24) is 9.97 Å². The lowest BCUT2D eigenvalue weighted by Crippen LogP contribution is -2.02. The minimum absolute atomic E-state index is 0.167. The van der Waals surface area contributed by atoms with Crippen molar-refractivity contribution in [1.29, 1.82) is 0 Å². The second kappa shape index (κ2) is 4.57. The maximum Gasteiger partial charge on any atom is 0.168 e. The van der Waals surface area contributed by atoms with E-state index in [9.17, 15) is 8.78 Å². The largest absolute Gasteiger partial charge is 0.373 e. The predicted octanol–water partition coefficient (Wildman–Crippen LogP) is 3.34. The van der Waals surface area contributed by atoms with Crippen LogP contribution in [0.15, 0.2) is 24.3 Å². The molecule has 1 aromatic heterocycles. The summed E-state index contributed by atoms with van der Waals surface area (Å²) in [4.78, 5) is 8.71. The van der Waals surface area contributed by atoms with E-state index in [1.807, 2.05) is 0 Å². The summed E-state index contributed by atoms with van der Waals surface area (Å²) in [5, 5.41) is 2.93. The lowest BCUT2D eigenvalue weighted by molar-refractivity contribution is 0.511. The Morgan fingerprint density at radius 1 is 1.21 bits per heavy atom. The Morgan fingerprint density at radius 2 is 2.00 bits per heavy atom. The first-order chi connectivity index (χ1) is 9.19. The van der Waals surface area contributed by atoms with Crippen LogP contribution in [-0.4, -0.2) is 17.0 Å². The first-order valence-corrected chi connectivity index (χ1v) is 6.20. The second-order valence-corrected chi connectivity index (χ2v) is 4.62. The van der Waals surface area contributed by atoms with Crippen molar-refractivity contribution < 1.29 is 8.78 Å². The Bertz CT molecular complexity index is 624. The van der Waals surface area contributed by atoms with Gasteiger partial charge >= 0.3 is 0 Å². The molecular formula is C14H13F2N3. The van der Waals surface area contributed by atoms with Gasteiger partial charge in [-0.2, -0.15) is 0 Å². The van der Waals surface area contributed by atoms with Gasteiger partial charge in [0.2, 0.25) is 0 Å². The molecule has 1 aromatic carbocycles. The van der Waals surface area contributed by atoms with Crippen molar-refractivity contribution in [3.8, 4) is 11.3 Å². The normalized spacial score (nSPS) is 14.5. The van der Waals surface area contributed by atoms with Gasteiger partial charge in [-0.05, 0) is 25.0 Å². The molecule has 0 radical (unpaired) electrons. The van der Waals surface area contributed by atoms with E-state index in [4.69, 9.17) is 0 Å². The van der Waals surface area contributed by atoms with Crippen LogP contribution in [0.25, 0.3) is 11.3 Å². The van der Waals surface area contributed by atoms with Gasteiger partial charge in [-0.15, -0.1) is 0 Å². The molecule has 0 amide bonds. The van der Waals surface area contributed by atoms with Gasteiger partial charge in [-0.1, -0.05) is 6.07 Å². The van der Waals surface area contributed by atoms with Crippen molar-refractivity contribution >= 4 is 5.82 Å². The van der Waals surface area contributed by atoms with Crippen molar-refractivity contribution in [2.45, 2.75) is 18.8 Å². The number of benzene rings is 1. The van der Waals surface area contributed by atoms with Crippen LogP contribution in [-0.2, 0) is 0 Å². The predicted molar refractivity (Wildman–Crippen MR) is 68.9 cm³/mol. The van der Waals surface area contributed by atoms with E-state index in [0.717, 1.165) is 18.9 Å². The highest BCUT2D eigenvalue weighted by atomic mass is 19.2. The van der Waals surface area contributed by atoms with Gasteiger partial charge in [-0.3, -0.25) is 0 Å². The Labute approximate surface area is 109 Å². The summed E-state index contributed by atoms with van der Waals surface area (Å²) in [6, 6.07) is 5.73. The molecule has 3 rings (SSSR count). The van der Waals surface area contributed by atoms with Gasteiger partial charge < -0.3 is 5.32 Å². The lowest BCUT2D eigenvalue weighted by atomic mass is 10.1. The van der Waals surface area contributed by atoms with Gasteiger partial charge in [0, 0.05) is 24.6 Å². The highest BCUT2D eigenvalue weighted by molar-refractivity contribution is 5.63. The van der Waals surface area contributed by atoms with E-state index in [1.54, 1.807) is 13.1 Å². The molecule has 0 aliphatic heterocycles. The Kier molecular flexibility index (Phi) is 2.89. The monoisotopic (exact) mass is 261 g/mol. The fourth-order valence-electron chi connectivity index (χ4n) is 1.96. The van der Waals surface area contributed by atoms with Gasteiger partial charge in [0.15, 0.2) is 11.6 Å². The van der Waals surface area contributed by atoms with Gasteiger partial charge in [-0.25, -0.2) is 18.7 Å². The van der Waals surface area contributed by atoms with E-state index in [0.29, 0.717) is 23.3 Å². The van der Waals surface area contributed by atoms with E-state index in [2.05, 4.69) is 15.3 Å². The number of nitrogens with zero attached hydrogens (tertiary/aromatic N) is 2. The molecule has 1 heterocycles. The summed E-state index contributed by atoms with van der Waals surface area (Å²) >= 11 is 0. The topological polar surface area (TPSA) is 37.8 Å². The SMILES string of the molecule is CNc1cc(-c2cccc(F)c2F)nc(C2CC2)n1. The molecule has 0 atom stereocenters. The number of hydrogen-bond donors (Lipinski definition) is 1. The Balaban J connectivity index is 2.13. The van der Waals surface area contributed by atoms with Crippen LogP contribution in [0.1, 0.15) is 24.6 Å². The van der Waals surface area contributed by atoms with E-state index in [1.165, 1.54) is 12.1 Å². The zero-order valence-corrected chi connectivity index (χ0v) is 10.5. The van der Waals surface area contributed by atoms with Crippen LogP contribution in [0.4, 0.5) is 14.6 Å². The van der Waals surface area contributed by atoms with Crippen LogP contribution in [0, 0.1) is 11.6 Å². The molecule has 1 aliphatic carbocycles. The summed E-state index contributed by atoms with van der Waals surface area (Å²) in [7, 11) is 1.74.